The second kappa shape index (κ2) is 2.62. The third-order valence-corrected chi connectivity index (χ3v) is 2.17. The van der Waals surface area contributed by atoms with Crippen LogP contribution in [-0.4, -0.2) is 13.0 Å². The second-order valence-corrected chi connectivity index (χ2v) is 2.98. The molecule has 0 saturated carbocycles. The van der Waals surface area contributed by atoms with Gasteiger partial charge < -0.3 is 10.2 Å². The zero-order valence-corrected chi connectivity index (χ0v) is 7.37. The maximum absolute atomic E-state index is 11.4. The molecule has 0 bridgehead atoms. The summed E-state index contributed by atoms with van der Waals surface area (Å²) in [5.41, 5.74) is 1.59. The number of anilines is 1. The van der Waals surface area contributed by atoms with Gasteiger partial charge in [-0.15, -0.1) is 0 Å². The van der Waals surface area contributed by atoms with Gasteiger partial charge in [0.15, 0.2) is 0 Å². The summed E-state index contributed by atoms with van der Waals surface area (Å²) in [6, 6.07) is 7.45. The summed E-state index contributed by atoms with van der Waals surface area (Å²) in [5.74, 6) is 0.530. The van der Waals surface area contributed by atoms with E-state index in [4.69, 9.17) is 0 Å². The topological polar surface area (TPSA) is 32.3 Å². The predicted octanol–water partition coefficient (Wildman–Crippen LogP) is 1.34. The van der Waals surface area contributed by atoms with Crippen LogP contribution in [0.25, 0.3) is 0 Å². The minimum absolute atomic E-state index is 0.0845. The number of carbonyl (C=O) groups excluding carboxylic acids is 1. The molecule has 0 unspecified atom stereocenters. The molecule has 0 radical (unpaired) electrons. The highest BCUT2D eigenvalue weighted by molar-refractivity contribution is 6.03. The average Bonchev–Trinajstić information content (AvgIpc) is 2.15. The van der Waals surface area contributed by atoms with Gasteiger partial charge in [-0.1, -0.05) is 18.7 Å². The van der Waals surface area contributed by atoms with Gasteiger partial charge in [-0.25, -0.2) is 0 Å². The molecule has 3 heteroatoms. The van der Waals surface area contributed by atoms with Gasteiger partial charge in [0.05, 0.1) is 11.3 Å². The second-order valence-electron chi connectivity index (χ2n) is 2.98. The Bertz CT molecular complexity index is 384. The molecule has 1 N–H and O–H groups in total. The van der Waals surface area contributed by atoms with Crippen molar-refractivity contribution in [3.05, 3.63) is 42.2 Å². The molecule has 1 aliphatic rings. The van der Waals surface area contributed by atoms with Gasteiger partial charge in [-0.3, -0.25) is 4.79 Å². The molecular formula is C10H10N2O. The van der Waals surface area contributed by atoms with Gasteiger partial charge in [-0.2, -0.15) is 0 Å². The zero-order valence-electron chi connectivity index (χ0n) is 7.37. The first-order chi connectivity index (χ1) is 6.20. The van der Waals surface area contributed by atoms with E-state index >= 15 is 0 Å². The lowest BCUT2D eigenvalue weighted by atomic mass is 10.1. The summed E-state index contributed by atoms with van der Waals surface area (Å²) in [4.78, 5) is 13.3. The van der Waals surface area contributed by atoms with Crippen LogP contribution < -0.4 is 10.2 Å². The number of amides is 1. The maximum Gasteiger partial charge on any atom is 0.258 e. The molecule has 0 spiro atoms. The highest BCUT2D eigenvalue weighted by Crippen LogP contribution is 2.24. The molecule has 1 aliphatic heterocycles. The third-order valence-electron chi connectivity index (χ3n) is 2.17. The Morgan fingerprint density at radius 1 is 1.38 bits per heavy atom. The van der Waals surface area contributed by atoms with Crippen LogP contribution in [0.15, 0.2) is 36.7 Å². The summed E-state index contributed by atoms with van der Waals surface area (Å²) >= 11 is 0. The number of para-hydroxylation sites is 1. The van der Waals surface area contributed by atoms with Crippen LogP contribution in [0.1, 0.15) is 10.4 Å². The van der Waals surface area contributed by atoms with E-state index < -0.39 is 0 Å². The first-order valence-corrected chi connectivity index (χ1v) is 4.03. The molecule has 0 saturated heterocycles. The van der Waals surface area contributed by atoms with Gasteiger partial charge in [-0.05, 0) is 12.1 Å². The Morgan fingerprint density at radius 2 is 2.08 bits per heavy atom. The highest BCUT2D eigenvalue weighted by atomic mass is 16.2. The van der Waals surface area contributed by atoms with Crippen LogP contribution in [-0.2, 0) is 0 Å². The van der Waals surface area contributed by atoms with E-state index in [1.165, 1.54) is 0 Å². The smallest absolute Gasteiger partial charge is 0.258 e. The van der Waals surface area contributed by atoms with Crippen molar-refractivity contribution in [3.8, 4) is 0 Å². The van der Waals surface area contributed by atoms with E-state index in [1.54, 1.807) is 6.07 Å². The van der Waals surface area contributed by atoms with Gasteiger partial charge >= 0.3 is 0 Å². The van der Waals surface area contributed by atoms with Crippen LogP contribution in [0.2, 0.25) is 0 Å². The van der Waals surface area contributed by atoms with Crippen molar-refractivity contribution in [1.29, 1.82) is 0 Å². The zero-order chi connectivity index (χ0) is 9.42. The quantitative estimate of drug-likeness (QED) is 0.643. The lowest BCUT2D eigenvalue weighted by Crippen LogP contribution is -2.38. The van der Waals surface area contributed by atoms with Crippen LogP contribution in [0.4, 0.5) is 5.69 Å². The molecule has 13 heavy (non-hydrogen) atoms. The Hall–Kier alpha value is -1.77. The van der Waals surface area contributed by atoms with Crippen LogP contribution in [0.3, 0.4) is 0 Å². The summed E-state index contributed by atoms with van der Waals surface area (Å²) in [5, 5.41) is 2.68. The lowest BCUT2D eigenvalue weighted by Gasteiger charge is -2.28. The summed E-state index contributed by atoms with van der Waals surface area (Å²) in [6.07, 6.45) is 0. The Balaban J connectivity index is 2.60. The Kier molecular flexibility index (Phi) is 1.59. The molecule has 2 rings (SSSR count). The first kappa shape index (κ1) is 7.86. The third kappa shape index (κ3) is 1.09. The summed E-state index contributed by atoms with van der Waals surface area (Å²) in [6.45, 7) is 3.74. The summed E-state index contributed by atoms with van der Waals surface area (Å²) < 4.78 is 0. The molecule has 0 atom stereocenters. The van der Waals surface area contributed by atoms with Crippen molar-refractivity contribution in [1.82, 2.24) is 5.32 Å². The number of nitrogens with zero attached hydrogens (tertiary/aromatic N) is 1. The van der Waals surface area contributed by atoms with E-state index in [2.05, 4.69) is 11.9 Å². The monoisotopic (exact) mass is 174 g/mol. The fourth-order valence-electron chi connectivity index (χ4n) is 1.39. The van der Waals surface area contributed by atoms with Crippen molar-refractivity contribution in [3.63, 3.8) is 0 Å². The number of nitrogens with one attached hydrogen (secondary N) is 1. The van der Waals surface area contributed by atoms with E-state index in [9.17, 15) is 4.79 Å². The fourth-order valence-corrected chi connectivity index (χ4v) is 1.39. The van der Waals surface area contributed by atoms with Crippen molar-refractivity contribution in [2.75, 3.05) is 11.9 Å². The molecule has 1 heterocycles. The van der Waals surface area contributed by atoms with Crippen LogP contribution >= 0.6 is 0 Å². The molecule has 0 aliphatic carbocycles. The first-order valence-electron chi connectivity index (χ1n) is 4.03. The van der Waals surface area contributed by atoms with Crippen molar-refractivity contribution < 1.29 is 4.79 Å². The number of fused-ring (bicyclic) bond motifs is 1. The Labute approximate surface area is 76.7 Å². The fraction of sp³-hybridized carbons (Fsp3) is 0.100. The minimum atomic E-state index is -0.0845. The van der Waals surface area contributed by atoms with Gasteiger partial charge in [0.25, 0.3) is 5.91 Å². The van der Waals surface area contributed by atoms with E-state index in [1.807, 2.05) is 30.1 Å². The number of carbonyl (C=O) groups is 1. The molecular weight excluding hydrogens is 164 g/mol. The SMILES string of the molecule is C=C1NC(=O)c2ccccc2N1C. The van der Waals surface area contributed by atoms with Gasteiger partial charge in [0, 0.05) is 7.05 Å². The largest absolute Gasteiger partial charge is 0.331 e. The van der Waals surface area contributed by atoms with Crippen molar-refractivity contribution >= 4 is 11.6 Å². The lowest BCUT2D eigenvalue weighted by molar-refractivity contribution is 0.0961. The maximum atomic E-state index is 11.4. The van der Waals surface area contributed by atoms with E-state index in [0.717, 1.165) is 5.69 Å². The van der Waals surface area contributed by atoms with Gasteiger partial charge in [0.2, 0.25) is 0 Å². The minimum Gasteiger partial charge on any atom is -0.331 e. The average molecular weight is 174 g/mol. The van der Waals surface area contributed by atoms with Crippen LogP contribution in [0.5, 0.6) is 0 Å². The number of hydrogen-bond acceptors (Lipinski definition) is 2. The molecule has 66 valence electrons. The summed E-state index contributed by atoms with van der Waals surface area (Å²) in [7, 11) is 1.88. The number of hydrogen-bond donors (Lipinski definition) is 1. The molecule has 1 aromatic carbocycles. The molecule has 1 amide bonds. The number of rotatable bonds is 0. The van der Waals surface area contributed by atoms with E-state index in [-0.39, 0.29) is 5.91 Å². The number of benzene rings is 1. The van der Waals surface area contributed by atoms with Crippen LogP contribution in [0, 0.1) is 0 Å². The molecule has 3 nitrogen and oxygen atoms in total. The van der Waals surface area contributed by atoms with Crippen molar-refractivity contribution in [2.24, 2.45) is 0 Å². The highest BCUT2D eigenvalue weighted by Gasteiger charge is 2.21. The Morgan fingerprint density at radius 3 is 2.85 bits per heavy atom. The standard InChI is InChI=1S/C10H10N2O/c1-7-11-10(13)8-5-3-4-6-9(8)12(7)2/h3-6H,1H2,2H3,(H,11,13). The van der Waals surface area contributed by atoms with E-state index in [0.29, 0.717) is 11.4 Å². The predicted molar refractivity (Wildman–Crippen MR) is 51.5 cm³/mol. The molecule has 0 fully saturated rings. The van der Waals surface area contributed by atoms with Crippen molar-refractivity contribution in [2.45, 2.75) is 0 Å². The molecule has 1 aromatic rings. The molecule has 0 aromatic heterocycles. The van der Waals surface area contributed by atoms with Gasteiger partial charge in [0.1, 0.15) is 5.82 Å². The normalized spacial score (nSPS) is 15.3.